The lowest BCUT2D eigenvalue weighted by atomic mass is 10.1. The number of likely N-dealkylation sites (N-methyl/N-ethyl adjacent to an activating group) is 1. The Kier molecular flexibility index (Phi) is 5.30. The summed E-state index contributed by atoms with van der Waals surface area (Å²) in [4.78, 5) is 13.4. The molecule has 0 aliphatic rings. The van der Waals surface area contributed by atoms with Crippen LogP contribution in [0.4, 0.5) is 4.39 Å². The van der Waals surface area contributed by atoms with Crippen molar-refractivity contribution >= 4 is 5.91 Å². The van der Waals surface area contributed by atoms with Gasteiger partial charge in [-0.15, -0.1) is 0 Å². The average molecular weight is 268 g/mol. The van der Waals surface area contributed by atoms with Crippen LogP contribution >= 0.6 is 0 Å². The van der Waals surface area contributed by atoms with Crippen molar-refractivity contribution in [2.75, 3.05) is 13.6 Å². The van der Waals surface area contributed by atoms with E-state index in [9.17, 15) is 14.3 Å². The van der Waals surface area contributed by atoms with Crippen LogP contribution in [0.5, 0.6) is 5.75 Å². The first-order valence-electron chi connectivity index (χ1n) is 6.29. The third kappa shape index (κ3) is 4.52. The number of phenolic OH excluding ortho intramolecular Hbond substituents is 1. The Morgan fingerprint density at radius 1 is 1.42 bits per heavy atom. The molecule has 0 bridgehead atoms. The van der Waals surface area contributed by atoms with Gasteiger partial charge in [-0.3, -0.25) is 9.69 Å². The molecule has 0 spiro atoms. The monoisotopic (exact) mass is 268 g/mol. The minimum atomic E-state index is -0.403. The zero-order valence-electron chi connectivity index (χ0n) is 11.8. The van der Waals surface area contributed by atoms with Crippen molar-refractivity contribution in [1.29, 1.82) is 0 Å². The molecule has 0 aromatic heterocycles. The second-order valence-electron chi connectivity index (χ2n) is 5.02. The molecule has 1 amide bonds. The molecule has 0 fully saturated rings. The molecular weight excluding hydrogens is 247 g/mol. The summed E-state index contributed by atoms with van der Waals surface area (Å²) >= 11 is 0. The highest BCUT2D eigenvalue weighted by Gasteiger charge is 2.18. The van der Waals surface area contributed by atoms with Crippen LogP contribution in [-0.2, 0) is 4.79 Å². The van der Waals surface area contributed by atoms with Crippen molar-refractivity contribution in [3.8, 4) is 5.75 Å². The van der Waals surface area contributed by atoms with E-state index in [0.29, 0.717) is 5.56 Å². The Labute approximate surface area is 113 Å². The topological polar surface area (TPSA) is 52.6 Å². The number of hydrogen-bond donors (Lipinski definition) is 2. The number of hydrogen-bond acceptors (Lipinski definition) is 3. The number of aromatic hydroxyl groups is 1. The van der Waals surface area contributed by atoms with E-state index in [1.54, 1.807) is 11.9 Å². The third-order valence-corrected chi connectivity index (χ3v) is 2.94. The third-order valence-electron chi connectivity index (χ3n) is 2.94. The molecule has 1 aromatic rings. The summed E-state index contributed by atoms with van der Waals surface area (Å²) in [6, 6.07) is 3.64. The molecule has 1 unspecified atom stereocenters. The van der Waals surface area contributed by atoms with Crippen molar-refractivity contribution < 1.29 is 14.3 Å². The van der Waals surface area contributed by atoms with Gasteiger partial charge in [0.1, 0.15) is 11.6 Å². The molecular formula is C14H21FN2O2. The van der Waals surface area contributed by atoms with E-state index in [1.807, 2.05) is 20.8 Å². The summed E-state index contributed by atoms with van der Waals surface area (Å²) in [5.41, 5.74) is 0.472. The summed E-state index contributed by atoms with van der Waals surface area (Å²) in [6.45, 7) is 5.78. The Bertz CT molecular complexity index is 449. The number of nitrogens with zero attached hydrogens (tertiary/aromatic N) is 1. The predicted octanol–water partition coefficient (Wildman–Crippen LogP) is 2.05. The van der Waals surface area contributed by atoms with Crippen LogP contribution in [-0.4, -0.2) is 35.5 Å². The number of nitrogens with one attached hydrogen (secondary N) is 1. The van der Waals surface area contributed by atoms with E-state index < -0.39 is 5.82 Å². The molecule has 1 aromatic carbocycles. The van der Waals surface area contributed by atoms with Gasteiger partial charge in [-0.25, -0.2) is 4.39 Å². The van der Waals surface area contributed by atoms with E-state index >= 15 is 0 Å². The fourth-order valence-corrected chi connectivity index (χ4v) is 1.83. The number of benzene rings is 1. The van der Waals surface area contributed by atoms with E-state index in [1.165, 1.54) is 18.2 Å². The van der Waals surface area contributed by atoms with E-state index in [0.717, 1.165) is 0 Å². The minimum absolute atomic E-state index is 0.0324. The lowest BCUT2D eigenvalue weighted by molar-refractivity contribution is -0.122. The first-order valence-corrected chi connectivity index (χ1v) is 6.29. The van der Waals surface area contributed by atoms with Crippen LogP contribution in [0.25, 0.3) is 0 Å². The van der Waals surface area contributed by atoms with Gasteiger partial charge in [0, 0.05) is 17.6 Å². The van der Waals surface area contributed by atoms with Gasteiger partial charge >= 0.3 is 0 Å². The molecule has 1 rings (SSSR count). The molecule has 0 heterocycles. The molecule has 0 aliphatic carbocycles. The van der Waals surface area contributed by atoms with Crippen LogP contribution in [0.1, 0.15) is 32.4 Å². The molecule has 0 saturated carbocycles. The van der Waals surface area contributed by atoms with Gasteiger partial charge in [-0.1, -0.05) is 0 Å². The summed E-state index contributed by atoms with van der Waals surface area (Å²) in [6.07, 6.45) is 0. The van der Waals surface area contributed by atoms with Gasteiger partial charge in [-0.05, 0) is 46.0 Å². The molecule has 0 radical (unpaired) electrons. The largest absolute Gasteiger partial charge is 0.508 e. The minimum Gasteiger partial charge on any atom is -0.508 e. The number of halogens is 1. The fourth-order valence-electron chi connectivity index (χ4n) is 1.83. The molecule has 19 heavy (non-hydrogen) atoms. The molecule has 1 atom stereocenters. The Morgan fingerprint density at radius 3 is 2.63 bits per heavy atom. The second kappa shape index (κ2) is 6.52. The highest BCUT2D eigenvalue weighted by Crippen LogP contribution is 2.27. The standard InChI is InChI=1S/C14H21FN2O2/c1-9(2)16-14(19)8-17(4)10(3)12-7-11(15)5-6-13(12)18/h5-7,9-10,18H,8H2,1-4H3,(H,16,19). The van der Waals surface area contributed by atoms with Crippen LogP contribution < -0.4 is 5.32 Å². The van der Waals surface area contributed by atoms with Gasteiger partial charge in [0.05, 0.1) is 6.54 Å². The van der Waals surface area contributed by atoms with Crippen molar-refractivity contribution in [3.05, 3.63) is 29.6 Å². The number of carbonyl (C=O) groups is 1. The molecule has 5 heteroatoms. The lowest BCUT2D eigenvalue weighted by Gasteiger charge is -2.25. The van der Waals surface area contributed by atoms with Crippen LogP contribution in [0.2, 0.25) is 0 Å². The number of rotatable bonds is 5. The predicted molar refractivity (Wildman–Crippen MR) is 72.4 cm³/mol. The number of carbonyl (C=O) groups excluding carboxylic acids is 1. The first-order chi connectivity index (χ1) is 8.81. The van der Waals surface area contributed by atoms with Crippen molar-refractivity contribution in [2.24, 2.45) is 0 Å². The second-order valence-corrected chi connectivity index (χ2v) is 5.02. The molecule has 2 N–H and O–H groups in total. The van der Waals surface area contributed by atoms with Crippen LogP contribution in [0, 0.1) is 5.82 Å². The fraction of sp³-hybridized carbons (Fsp3) is 0.500. The molecule has 106 valence electrons. The highest BCUT2D eigenvalue weighted by atomic mass is 19.1. The van der Waals surface area contributed by atoms with E-state index in [-0.39, 0.29) is 30.3 Å². The quantitative estimate of drug-likeness (QED) is 0.859. The smallest absolute Gasteiger partial charge is 0.234 e. The highest BCUT2D eigenvalue weighted by molar-refractivity contribution is 5.78. The van der Waals surface area contributed by atoms with Crippen LogP contribution in [0.3, 0.4) is 0 Å². The summed E-state index contributed by atoms with van der Waals surface area (Å²) in [5, 5.41) is 12.5. The van der Waals surface area contributed by atoms with Crippen LogP contribution in [0.15, 0.2) is 18.2 Å². The van der Waals surface area contributed by atoms with Gasteiger partial charge in [0.25, 0.3) is 0 Å². The number of phenols is 1. The van der Waals surface area contributed by atoms with E-state index in [2.05, 4.69) is 5.32 Å². The maximum absolute atomic E-state index is 13.2. The maximum atomic E-state index is 13.2. The first kappa shape index (κ1) is 15.4. The molecule has 4 nitrogen and oxygen atoms in total. The van der Waals surface area contributed by atoms with Gasteiger partial charge in [0.2, 0.25) is 5.91 Å². The Balaban J connectivity index is 2.73. The summed E-state index contributed by atoms with van der Waals surface area (Å²) < 4.78 is 13.2. The Morgan fingerprint density at radius 2 is 2.05 bits per heavy atom. The van der Waals surface area contributed by atoms with E-state index in [4.69, 9.17) is 0 Å². The zero-order valence-corrected chi connectivity index (χ0v) is 11.8. The van der Waals surface area contributed by atoms with Gasteiger partial charge < -0.3 is 10.4 Å². The normalized spacial score (nSPS) is 12.8. The SMILES string of the molecule is CC(C)NC(=O)CN(C)C(C)c1cc(F)ccc1O. The average Bonchev–Trinajstić information content (AvgIpc) is 2.30. The van der Waals surface area contributed by atoms with Crippen molar-refractivity contribution in [3.63, 3.8) is 0 Å². The Hall–Kier alpha value is -1.62. The summed E-state index contributed by atoms with van der Waals surface area (Å²) in [7, 11) is 1.76. The zero-order chi connectivity index (χ0) is 14.6. The summed E-state index contributed by atoms with van der Waals surface area (Å²) in [5.74, 6) is -0.468. The molecule has 0 saturated heterocycles. The number of amides is 1. The lowest BCUT2D eigenvalue weighted by Crippen LogP contribution is -2.39. The van der Waals surface area contributed by atoms with Gasteiger partial charge in [-0.2, -0.15) is 0 Å². The van der Waals surface area contributed by atoms with Crippen molar-refractivity contribution in [1.82, 2.24) is 10.2 Å². The maximum Gasteiger partial charge on any atom is 0.234 e. The van der Waals surface area contributed by atoms with Gasteiger partial charge in [0.15, 0.2) is 0 Å². The van der Waals surface area contributed by atoms with Crippen molar-refractivity contribution in [2.45, 2.75) is 32.9 Å². The molecule has 0 aliphatic heterocycles.